The molecule has 0 unspecified atom stereocenters. The summed E-state index contributed by atoms with van der Waals surface area (Å²) in [6, 6.07) is 11.3. The van der Waals surface area contributed by atoms with Gasteiger partial charge in [-0.1, -0.05) is 29.8 Å². The topological polar surface area (TPSA) is 59.2 Å². The number of aromatic nitrogens is 1. The van der Waals surface area contributed by atoms with Gasteiger partial charge in [0.15, 0.2) is 0 Å². The number of pyridine rings is 1. The van der Waals surface area contributed by atoms with Crippen LogP contribution in [0.2, 0.25) is 5.02 Å². The quantitative estimate of drug-likeness (QED) is 0.693. The van der Waals surface area contributed by atoms with Gasteiger partial charge in [0, 0.05) is 27.1 Å². The Morgan fingerprint density at radius 1 is 1.19 bits per heavy atom. The van der Waals surface area contributed by atoms with Crippen molar-refractivity contribution in [2.24, 2.45) is 0 Å². The third-order valence-corrected chi connectivity index (χ3v) is 5.18. The molecule has 1 aliphatic carbocycles. The molecule has 1 aromatic heterocycles. The van der Waals surface area contributed by atoms with Crippen LogP contribution in [0.3, 0.4) is 0 Å². The van der Waals surface area contributed by atoms with Crippen LogP contribution in [-0.2, 0) is 17.6 Å². The molecule has 0 amide bonds. The number of hydrogen-bond donors (Lipinski definition) is 1. The van der Waals surface area contributed by atoms with Crippen LogP contribution in [0.5, 0.6) is 0 Å². The van der Waals surface area contributed by atoms with Gasteiger partial charge in [-0.05, 0) is 55.5 Å². The SMILES string of the molecule is CCOC(=O)c1c(-c2ccccc2Cl)c2cc3c(cc2[nH]c1=O)CCC3. The maximum Gasteiger partial charge on any atom is 0.344 e. The van der Waals surface area contributed by atoms with E-state index in [0.717, 1.165) is 30.2 Å². The van der Waals surface area contributed by atoms with E-state index >= 15 is 0 Å². The molecule has 3 aromatic rings. The Morgan fingerprint density at radius 3 is 2.65 bits per heavy atom. The van der Waals surface area contributed by atoms with Crippen LogP contribution in [0.15, 0.2) is 41.2 Å². The molecule has 132 valence electrons. The van der Waals surface area contributed by atoms with Crippen LogP contribution in [0.25, 0.3) is 22.0 Å². The van der Waals surface area contributed by atoms with E-state index in [1.54, 1.807) is 13.0 Å². The fourth-order valence-corrected chi connectivity index (χ4v) is 3.94. The molecule has 0 radical (unpaired) electrons. The minimum Gasteiger partial charge on any atom is -0.462 e. The van der Waals surface area contributed by atoms with Crippen LogP contribution in [0, 0.1) is 0 Å². The number of benzene rings is 2. The summed E-state index contributed by atoms with van der Waals surface area (Å²) in [4.78, 5) is 28.2. The first-order valence-electron chi connectivity index (χ1n) is 8.74. The molecule has 0 saturated carbocycles. The van der Waals surface area contributed by atoms with Crippen LogP contribution in [0.1, 0.15) is 34.8 Å². The van der Waals surface area contributed by atoms with Gasteiger partial charge in [-0.25, -0.2) is 4.79 Å². The van der Waals surface area contributed by atoms with Gasteiger partial charge in [0.25, 0.3) is 5.56 Å². The van der Waals surface area contributed by atoms with E-state index in [2.05, 4.69) is 11.1 Å². The Morgan fingerprint density at radius 2 is 1.92 bits per heavy atom. The molecule has 0 spiro atoms. The van der Waals surface area contributed by atoms with Crippen molar-refractivity contribution in [3.63, 3.8) is 0 Å². The van der Waals surface area contributed by atoms with Crippen molar-refractivity contribution in [2.75, 3.05) is 6.61 Å². The number of esters is 1. The summed E-state index contributed by atoms with van der Waals surface area (Å²) in [5.41, 5.74) is 3.98. The number of halogens is 1. The molecule has 0 saturated heterocycles. The summed E-state index contributed by atoms with van der Waals surface area (Å²) in [6.07, 6.45) is 3.11. The number of H-pyrrole nitrogens is 1. The zero-order valence-corrected chi connectivity index (χ0v) is 15.2. The first kappa shape index (κ1) is 16.9. The Labute approximate surface area is 155 Å². The molecule has 26 heavy (non-hydrogen) atoms. The lowest BCUT2D eigenvalue weighted by Gasteiger charge is -2.14. The number of rotatable bonds is 3. The number of hydrogen-bond acceptors (Lipinski definition) is 3. The van der Waals surface area contributed by atoms with Crippen molar-refractivity contribution in [3.8, 4) is 11.1 Å². The average molecular weight is 368 g/mol. The highest BCUT2D eigenvalue weighted by Gasteiger charge is 2.24. The second kappa shape index (κ2) is 6.61. The molecule has 1 aliphatic rings. The third kappa shape index (κ3) is 2.71. The van der Waals surface area contributed by atoms with Crippen LogP contribution in [-0.4, -0.2) is 17.6 Å². The van der Waals surface area contributed by atoms with Gasteiger partial charge in [0.2, 0.25) is 0 Å². The summed E-state index contributed by atoms with van der Waals surface area (Å²) >= 11 is 6.42. The molecule has 0 atom stereocenters. The number of aryl methyl sites for hydroxylation is 2. The first-order chi connectivity index (χ1) is 12.6. The van der Waals surface area contributed by atoms with Gasteiger partial charge in [0.1, 0.15) is 5.56 Å². The minimum atomic E-state index is -0.633. The fraction of sp³-hybridized carbons (Fsp3) is 0.238. The van der Waals surface area contributed by atoms with E-state index in [9.17, 15) is 9.59 Å². The maximum atomic E-state index is 12.8. The Bertz CT molecular complexity index is 1080. The molecule has 2 aromatic carbocycles. The van der Waals surface area contributed by atoms with Gasteiger partial charge in [-0.2, -0.15) is 0 Å². The van der Waals surface area contributed by atoms with Crippen molar-refractivity contribution in [3.05, 3.63) is 68.5 Å². The lowest BCUT2D eigenvalue weighted by molar-refractivity contribution is 0.0525. The second-order valence-corrected chi connectivity index (χ2v) is 6.83. The Hall–Kier alpha value is -2.59. The molecule has 1 heterocycles. The van der Waals surface area contributed by atoms with E-state index < -0.39 is 11.5 Å². The highest BCUT2D eigenvalue weighted by Crippen LogP contribution is 2.37. The highest BCUT2D eigenvalue weighted by molar-refractivity contribution is 6.34. The smallest absolute Gasteiger partial charge is 0.344 e. The van der Waals surface area contributed by atoms with Crippen molar-refractivity contribution < 1.29 is 9.53 Å². The molecule has 4 rings (SSSR count). The lowest BCUT2D eigenvalue weighted by atomic mass is 9.94. The maximum absolute atomic E-state index is 12.8. The van der Waals surface area contributed by atoms with E-state index in [1.165, 1.54) is 11.1 Å². The lowest BCUT2D eigenvalue weighted by Crippen LogP contribution is -2.21. The average Bonchev–Trinajstić information content (AvgIpc) is 3.07. The third-order valence-electron chi connectivity index (χ3n) is 4.85. The van der Waals surface area contributed by atoms with E-state index in [1.807, 2.05) is 24.3 Å². The summed E-state index contributed by atoms with van der Waals surface area (Å²) in [6.45, 7) is 1.91. The van der Waals surface area contributed by atoms with Crippen molar-refractivity contribution in [2.45, 2.75) is 26.2 Å². The standard InChI is InChI=1S/C21H18ClNO3/c1-2-26-21(25)19-18(14-8-3-4-9-16(14)22)15-10-12-6-5-7-13(12)11-17(15)23-20(19)24/h3-4,8-11H,2,5-7H2,1H3,(H,23,24). The van der Waals surface area contributed by atoms with Crippen molar-refractivity contribution in [1.82, 2.24) is 4.98 Å². The molecule has 0 fully saturated rings. The summed E-state index contributed by atoms with van der Waals surface area (Å²) in [5.74, 6) is -0.633. The number of carbonyl (C=O) groups is 1. The predicted octanol–water partition coefficient (Wildman–Crippen LogP) is 4.51. The monoisotopic (exact) mass is 367 g/mol. The zero-order chi connectivity index (χ0) is 18.3. The van der Waals surface area contributed by atoms with Crippen LogP contribution in [0.4, 0.5) is 0 Å². The molecule has 5 heteroatoms. The largest absolute Gasteiger partial charge is 0.462 e. The Balaban J connectivity index is 2.13. The van der Waals surface area contributed by atoms with Crippen molar-refractivity contribution >= 4 is 28.5 Å². The fourth-order valence-electron chi connectivity index (χ4n) is 3.71. The highest BCUT2D eigenvalue weighted by atomic mass is 35.5. The van der Waals surface area contributed by atoms with Crippen molar-refractivity contribution in [1.29, 1.82) is 0 Å². The first-order valence-corrected chi connectivity index (χ1v) is 9.11. The molecule has 1 N–H and O–H groups in total. The molecular weight excluding hydrogens is 350 g/mol. The van der Waals surface area contributed by atoms with Gasteiger partial charge < -0.3 is 9.72 Å². The van der Waals surface area contributed by atoms with E-state index in [0.29, 0.717) is 16.1 Å². The zero-order valence-electron chi connectivity index (χ0n) is 14.4. The normalized spacial score (nSPS) is 13.0. The van der Waals surface area contributed by atoms with Gasteiger partial charge in [-0.3, -0.25) is 4.79 Å². The number of fused-ring (bicyclic) bond motifs is 2. The second-order valence-electron chi connectivity index (χ2n) is 6.42. The molecule has 0 bridgehead atoms. The van der Waals surface area contributed by atoms with Crippen LogP contribution >= 0.6 is 11.6 Å². The Kier molecular flexibility index (Phi) is 4.29. The number of aromatic amines is 1. The molecule has 0 aliphatic heterocycles. The van der Waals surface area contributed by atoms with Gasteiger partial charge >= 0.3 is 5.97 Å². The minimum absolute atomic E-state index is 0.00500. The number of nitrogens with one attached hydrogen (secondary N) is 1. The summed E-state index contributed by atoms with van der Waals surface area (Å²) in [7, 11) is 0. The predicted molar refractivity (Wildman–Crippen MR) is 103 cm³/mol. The van der Waals surface area contributed by atoms with Gasteiger partial charge in [0.05, 0.1) is 6.61 Å². The number of carbonyl (C=O) groups excluding carboxylic acids is 1. The van der Waals surface area contributed by atoms with Crippen LogP contribution < -0.4 is 5.56 Å². The van der Waals surface area contributed by atoms with E-state index in [-0.39, 0.29) is 12.2 Å². The molecular formula is C21H18ClNO3. The summed E-state index contributed by atoms with van der Waals surface area (Å²) < 4.78 is 5.15. The number of ether oxygens (including phenoxy) is 1. The van der Waals surface area contributed by atoms with E-state index in [4.69, 9.17) is 16.3 Å². The molecule has 4 nitrogen and oxygen atoms in total. The summed E-state index contributed by atoms with van der Waals surface area (Å²) in [5, 5.41) is 1.31. The van der Waals surface area contributed by atoms with Gasteiger partial charge in [-0.15, -0.1) is 0 Å².